The number of hydrogen-bond donors (Lipinski definition) is 1. The summed E-state index contributed by atoms with van der Waals surface area (Å²) in [6.45, 7) is 2.27. The lowest BCUT2D eigenvalue weighted by Gasteiger charge is -2.11. The highest BCUT2D eigenvalue weighted by molar-refractivity contribution is 7.89. The predicted molar refractivity (Wildman–Crippen MR) is 132 cm³/mol. The third-order valence-corrected chi connectivity index (χ3v) is 7.14. The SMILES string of the molecule is Cc1ccc(S(=O)(=O)N/N=C2/CC(CC(=O)OCCCc3ccccc3)c3ccccc32)cc1. The molecule has 0 bridgehead atoms. The van der Waals surface area contributed by atoms with Gasteiger partial charge in [0, 0.05) is 11.5 Å². The van der Waals surface area contributed by atoms with Crippen LogP contribution in [0.15, 0.2) is 88.9 Å². The first-order valence-electron chi connectivity index (χ1n) is 11.4. The molecule has 3 aromatic carbocycles. The van der Waals surface area contributed by atoms with Gasteiger partial charge in [-0.1, -0.05) is 72.3 Å². The largest absolute Gasteiger partial charge is 0.466 e. The Bertz CT molecular complexity index is 1270. The Labute approximate surface area is 200 Å². The lowest BCUT2D eigenvalue weighted by atomic mass is 9.98. The van der Waals surface area contributed by atoms with Crippen molar-refractivity contribution in [1.29, 1.82) is 0 Å². The molecule has 0 saturated heterocycles. The highest BCUT2D eigenvalue weighted by Crippen LogP contribution is 2.36. The molecule has 0 aromatic heterocycles. The minimum Gasteiger partial charge on any atom is -0.466 e. The van der Waals surface area contributed by atoms with Crippen molar-refractivity contribution in [3.8, 4) is 0 Å². The van der Waals surface area contributed by atoms with E-state index in [0.717, 1.165) is 29.5 Å². The fourth-order valence-electron chi connectivity index (χ4n) is 4.11. The highest BCUT2D eigenvalue weighted by Gasteiger charge is 2.30. The van der Waals surface area contributed by atoms with Crippen LogP contribution in [0.25, 0.3) is 0 Å². The minimum absolute atomic E-state index is 0.0968. The number of esters is 1. The fraction of sp³-hybridized carbons (Fsp3) is 0.259. The molecule has 7 heteroatoms. The molecular formula is C27H28N2O4S. The quantitative estimate of drug-likeness (QED) is 0.275. The molecule has 0 heterocycles. The maximum atomic E-state index is 12.6. The van der Waals surface area contributed by atoms with E-state index in [4.69, 9.17) is 4.74 Å². The van der Waals surface area contributed by atoms with Crippen LogP contribution in [0.2, 0.25) is 0 Å². The second-order valence-corrected chi connectivity index (χ2v) is 10.1. The lowest BCUT2D eigenvalue weighted by molar-refractivity contribution is -0.144. The van der Waals surface area contributed by atoms with Gasteiger partial charge < -0.3 is 4.74 Å². The van der Waals surface area contributed by atoms with E-state index in [9.17, 15) is 13.2 Å². The van der Waals surface area contributed by atoms with Gasteiger partial charge >= 0.3 is 5.97 Å². The number of nitrogens with one attached hydrogen (secondary N) is 1. The van der Waals surface area contributed by atoms with Crippen molar-refractivity contribution in [1.82, 2.24) is 4.83 Å². The summed E-state index contributed by atoms with van der Waals surface area (Å²) in [5.74, 6) is -0.352. The standard InChI is InChI=1S/C27H28N2O4S/c1-20-13-15-23(16-14-20)34(31,32)29-28-26-18-22(24-11-5-6-12-25(24)26)19-27(30)33-17-7-10-21-8-3-2-4-9-21/h2-6,8-9,11-16,22,29H,7,10,17-19H2,1H3/b28-26-. The molecule has 0 saturated carbocycles. The van der Waals surface area contributed by atoms with Crippen molar-refractivity contribution >= 4 is 21.7 Å². The summed E-state index contributed by atoms with van der Waals surface area (Å²) in [4.78, 5) is 15.0. The molecule has 0 radical (unpaired) electrons. The molecule has 0 amide bonds. The summed E-state index contributed by atoms with van der Waals surface area (Å²) in [5.41, 5.74) is 4.66. The molecule has 6 nitrogen and oxygen atoms in total. The normalized spacial score (nSPS) is 16.3. The van der Waals surface area contributed by atoms with Gasteiger partial charge in [0.1, 0.15) is 0 Å². The number of nitrogens with zero attached hydrogens (tertiary/aromatic N) is 1. The van der Waals surface area contributed by atoms with Crippen molar-refractivity contribution in [2.45, 2.75) is 43.4 Å². The Morgan fingerprint density at radius 3 is 2.47 bits per heavy atom. The molecule has 1 atom stereocenters. The van der Waals surface area contributed by atoms with Gasteiger partial charge in [-0.25, -0.2) is 0 Å². The molecule has 4 rings (SSSR count). The molecule has 0 spiro atoms. The van der Waals surface area contributed by atoms with Crippen molar-refractivity contribution in [2.75, 3.05) is 6.61 Å². The average molecular weight is 477 g/mol. The summed E-state index contributed by atoms with van der Waals surface area (Å²) in [6.07, 6.45) is 2.32. The van der Waals surface area contributed by atoms with Gasteiger partial charge in [0.15, 0.2) is 0 Å². The molecular weight excluding hydrogens is 448 g/mol. The molecule has 1 aliphatic carbocycles. The molecule has 34 heavy (non-hydrogen) atoms. The monoisotopic (exact) mass is 476 g/mol. The first kappa shape index (κ1) is 23.7. The zero-order valence-electron chi connectivity index (χ0n) is 19.1. The van der Waals surface area contributed by atoms with E-state index in [-0.39, 0.29) is 23.2 Å². The van der Waals surface area contributed by atoms with Gasteiger partial charge in [0.25, 0.3) is 10.0 Å². The summed E-state index contributed by atoms with van der Waals surface area (Å²) in [7, 11) is -3.77. The summed E-state index contributed by atoms with van der Waals surface area (Å²) in [5, 5.41) is 4.23. The number of ether oxygens (including phenoxy) is 1. The lowest BCUT2D eigenvalue weighted by Crippen LogP contribution is -2.20. The van der Waals surface area contributed by atoms with E-state index in [1.807, 2.05) is 49.4 Å². The first-order valence-corrected chi connectivity index (χ1v) is 12.8. The Morgan fingerprint density at radius 1 is 1.00 bits per heavy atom. The molecule has 1 unspecified atom stereocenters. The van der Waals surface area contributed by atoms with Crippen molar-refractivity contribution in [2.24, 2.45) is 5.10 Å². The molecule has 0 aliphatic heterocycles. The van der Waals surface area contributed by atoms with E-state index in [2.05, 4.69) is 22.1 Å². The second-order valence-electron chi connectivity index (χ2n) is 8.47. The topological polar surface area (TPSA) is 84.8 Å². The third-order valence-electron chi connectivity index (χ3n) is 5.91. The van der Waals surface area contributed by atoms with Crippen LogP contribution in [0.3, 0.4) is 0 Å². The number of benzene rings is 3. The van der Waals surface area contributed by atoms with Gasteiger partial charge in [-0.05, 0) is 49.4 Å². The fourth-order valence-corrected chi connectivity index (χ4v) is 4.94. The maximum Gasteiger partial charge on any atom is 0.306 e. The summed E-state index contributed by atoms with van der Waals surface area (Å²) < 4.78 is 30.7. The van der Waals surface area contributed by atoms with Crippen LogP contribution in [0.1, 0.15) is 47.4 Å². The van der Waals surface area contributed by atoms with Crippen LogP contribution in [0.5, 0.6) is 0 Å². The predicted octanol–water partition coefficient (Wildman–Crippen LogP) is 4.73. The number of sulfonamides is 1. The number of aryl methyl sites for hydroxylation is 2. The van der Waals surface area contributed by atoms with Crippen molar-refractivity contribution in [3.05, 3.63) is 101 Å². The maximum absolute atomic E-state index is 12.6. The van der Waals surface area contributed by atoms with Gasteiger partial charge in [0.2, 0.25) is 0 Å². The number of rotatable bonds is 9. The Balaban J connectivity index is 1.36. The Morgan fingerprint density at radius 2 is 1.71 bits per heavy atom. The number of fused-ring (bicyclic) bond motifs is 1. The first-order chi connectivity index (χ1) is 16.4. The number of hydrazone groups is 1. The van der Waals surface area contributed by atoms with Gasteiger partial charge in [-0.15, -0.1) is 0 Å². The van der Waals surface area contributed by atoms with Crippen LogP contribution < -0.4 is 4.83 Å². The Kier molecular flexibility index (Phi) is 7.43. The van der Waals surface area contributed by atoms with Gasteiger partial charge in [0.05, 0.1) is 23.6 Å². The van der Waals surface area contributed by atoms with Crippen LogP contribution in [-0.4, -0.2) is 26.7 Å². The zero-order chi connectivity index (χ0) is 24.0. The van der Waals surface area contributed by atoms with Crippen molar-refractivity contribution < 1.29 is 17.9 Å². The minimum atomic E-state index is -3.77. The van der Waals surface area contributed by atoms with Crippen molar-refractivity contribution in [3.63, 3.8) is 0 Å². The van der Waals surface area contributed by atoms with Gasteiger partial charge in [-0.3, -0.25) is 4.79 Å². The summed E-state index contributed by atoms with van der Waals surface area (Å²) >= 11 is 0. The van der Waals surface area contributed by atoms with Gasteiger partial charge in [-0.2, -0.15) is 18.4 Å². The van der Waals surface area contributed by atoms with Crippen LogP contribution in [0.4, 0.5) is 0 Å². The average Bonchev–Trinajstić information content (AvgIpc) is 3.19. The van der Waals surface area contributed by atoms with Crippen LogP contribution >= 0.6 is 0 Å². The number of hydrogen-bond acceptors (Lipinski definition) is 5. The van der Waals surface area contributed by atoms with E-state index in [0.29, 0.717) is 18.7 Å². The van der Waals surface area contributed by atoms with Crippen LogP contribution in [0, 0.1) is 6.92 Å². The molecule has 176 valence electrons. The smallest absolute Gasteiger partial charge is 0.306 e. The Hall–Kier alpha value is -3.45. The highest BCUT2D eigenvalue weighted by atomic mass is 32.2. The second kappa shape index (κ2) is 10.7. The summed E-state index contributed by atoms with van der Waals surface area (Å²) in [6, 6.07) is 24.3. The number of carbonyl (C=O) groups excluding carboxylic acids is 1. The third kappa shape index (κ3) is 5.91. The zero-order valence-corrected chi connectivity index (χ0v) is 19.9. The van der Waals surface area contributed by atoms with Crippen LogP contribution in [-0.2, 0) is 26.0 Å². The number of carbonyl (C=O) groups is 1. The molecule has 0 fully saturated rings. The van der Waals surface area contributed by atoms with E-state index >= 15 is 0 Å². The van der Waals surface area contributed by atoms with E-state index in [1.165, 1.54) is 5.56 Å². The van der Waals surface area contributed by atoms with E-state index < -0.39 is 10.0 Å². The molecule has 3 aromatic rings. The molecule has 1 N–H and O–H groups in total. The van der Waals surface area contributed by atoms with E-state index in [1.54, 1.807) is 24.3 Å². The molecule has 1 aliphatic rings.